The van der Waals surface area contributed by atoms with Gasteiger partial charge in [-0.2, -0.15) is 0 Å². The minimum absolute atomic E-state index is 0.0499. The van der Waals surface area contributed by atoms with Crippen LogP contribution in [-0.2, 0) is 14.2 Å². The fourth-order valence-electron chi connectivity index (χ4n) is 13.2. The maximum atomic E-state index is 12.6. The fraction of sp³-hybridized carbons (Fsp3) is 0.636. The molecule has 0 bridgehead atoms. The summed E-state index contributed by atoms with van der Waals surface area (Å²) >= 11 is 0. The van der Waals surface area contributed by atoms with Gasteiger partial charge in [-0.1, -0.05) is 18.9 Å². The van der Waals surface area contributed by atoms with Crippen molar-refractivity contribution in [2.24, 2.45) is 34.5 Å². The highest BCUT2D eigenvalue weighted by molar-refractivity contribution is 6.11. The lowest BCUT2D eigenvalue weighted by atomic mass is 9.43. The molecular formula is C44H54O13. The lowest BCUT2D eigenvalue weighted by molar-refractivity contribution is -0.326. The fourth-order valence-corrected chi connectivity index (χ4v) is 13.2. The van der Waals surface area contributed by atoms with Crippen LogP contribution < -0.4 is 4.74 Å². The molecule has 0 amide bonds. The summed E-state index contributed by atoms with van der Waals surface area (Å²) in [5, 5.41) is 77.7. The molecule has 5 fully saturated rings. The number of fused-ring (bicyclic) bond motifs is 3. The molecule has 3 heterocycles. The molecule has 2 spiro atoms. The Morgan fingerprint density at radius 1 is 1.04 bits per heavy atom. The molecule has 2 saturated heterocycles. The first kappa shape index (κ1) is 38.9. The van der Waals surface area contributed by atoms with Crippen molar-refractivity contribution in [1.29, 1.82) is 0 Å². The van der Waals surface area contributed by atoms with E-state index < -0.39 is 60.1 Å². The summed E-state index contributed by atoms with van der Waals surface area (Å²) in [5.41, 5.74) is 1.56. The number of aliphatic hydroxyl groups excluding tert-OH is 4. The molecule has 2 aromatic rings. The number of rotatable bonds is 8. The SMILES string of the molecule is CC(=O)c1c(C)c(O)c2cc(C(=O)O)cc(O[C@@H]3O[C@H](CO)[C@]4(C[C@@H]5C6=C(CC=C6[C@]6(CCCO)COC[C@@H]7CC8(CCCC8)C[C@@H]5[C@@H]76)CO4)[C@H](O)[C@H]3O)c2c1O. The van der Waals surface area contributed by atoms with Crippen molar-refractivity contribution in [3.05, 3.63) is 51.6 Å². The first-order chi connectivity index (χ1) is 27.3. The van der Waals surface area contributed by atoms with Crippen LogP contribution in [0, 0.1) is 41.4 Å². The highest BCUT2D eigenvalue weighted by Crippen LogP contribution is 2.70. The number of aromatic hydroxyl groups is 2. The number of carbonyl (C=O) groups excluding carboxylic acids is 1. The van der Waals surface area contributed by atoms with Crippen LogP contribution in [0.1, 0.15) is 97.4 Å². The number of hydrogen-bond donors (Lipinski definition) is 7. The Bertz CT molecular complexity index is 2060. The molecule has 4 aliphatic carbocycles. The topological polar surface area (TPSA) is 213 Å². The Balaban J connectivity index is 1.10. The van der Waals surface area contributed by atoms with Gasteiger partial charge in [0.05, 0.1) is 36.3 Å². The summed E-state index contributed by atoms with van der Waals surface area (Å²) in [6, 6.07) is 2.24. The predicted octanol–water partition coefficient (Wildman–Crippen LogP) is 4.69. The number of phenolic OH excluding ortho intramolecular Hbond substituents is 2. The van der Waals surface area contributed by atoms with E-state index in [0.717, 1.165) is 37.0 Å². The smallest absolute Gasteiger partial charge is 0.335 e. The van der Waals surface area contributed by atoms with Crippen molar-refractivity contribution < 1.29 is 64.3 Å². The van der Waals surface area contributed by atoms with E-state index in [2.05, 4.69) is 6.08 Å². The highest BCUT2D eigenvalue weighted by atomic mass is 16.7. The summed E-state index contributed by atoms with van der Waals surface area (Å²) in [4.78, 5) is 24.8. The number of allylic oxidation sites excluding steroid dienone is 2. The van der Waals surface area contributed by atoms with Gasteiger partial charge in [-0.3, -0.25) is 4.79 Å². The van der Waals surface area contributed by atoms with Crippen molar-refractivity contribution in [1.82, 2.24) is 0 Å². The van der Waals surface area contributed by atoms with E-state index in [4.69, 9.17) is 18.9 Å². The first-order valence-electron chi connectivity index (χ1n) is 20.6. The lowest BCUT2D eigenvalue weighted by Gasteiger charge is -2.64. The van der Waals surface area contributed by atoms with E-state index in [1.54, 1.807) is 0 Å². The monoisotopic (exact) mass is 790 g/mol. The second kappa shape index (κ2) is 14.0. The second-order valence-electron chi connectivity index (χ2n) is 18.1. The normalized spacial score (nSPS) is 36.6. The Hall–Kier alpha value is -3.56. The van der Waals surface area contributed by atoms with Crippen LogP contribution >= 0.6 is 0 Å². The molecule has 10 atom stereocenters. The number of carboxylic acids is 1. The summed E-state index contributed by atoms with van der Waals surface area (Å²) in [6.45, 7) is 3.58. The molecule has 9 rings (SSSR count). The Labute approximate surface area is 330 Å². The van der Waals surface area contributed by atoms with Crippen LogP contribution in [0.15, 0.2) is 34.9 Å². The molecule has 2 aromatic carbocycles. The van der Waals surface area contributed by atoms with Crippen molar-refractivity contribution in [2.75, 3.05) is 33.0 Å². The second-order valence-corrected chi connectivity index (χ2v) is 18.1. The molecule has 308 valence electrons. The average molecular weight is 791 g/mol. The quantitative estimate of drug-likeness (QED) is 0.143. The third kappa shape index (κ3) is 5.67. The number of aliphatic hydroxyl groups is 4. The van der Waals surface area contributed by atoms with Gasteiger partial charge in [0.25, 0.3) is 0 Å². The van der Waals surface area contributed by atoms with Crippen molar-refractivity contribution >= 4 is 22.5 Å². The van der Waals surface area contributed by atoms with E-state index in [9.17, 15) is 45.3 Å². The highest BCUT2D eigenvalue weighted by Gasteiger charge is 2.67. The van der Waals surface area contributed by atoms with Gasteiger partial charge in [0.1, 0.15) is 41.2 Å². The molecule has 0 aromatic heterocycles. The van der Waals surface area contributed by atoms with Gasteiger partial charge >= 0.3 is 5.97 Å². The largest absolute Gasteiger partial charge is 0.507 e. The zero-order valence-corrected chi connectivity index (χ0v) is 32.5. The molecule has 7 aliphatic rings. The molecule has 3 saturated carbocycles. The molecule has 13 heteroatoms. The molecular weight excluding hydrogens is 736 g/mol. The average Bonchev–Trinajstić information content (AvgIpc) is 3.79. The zero-order chi connectivity index (χ0) is 40.2. The summed E-state index contributed by atoms with van der Waals surface area (Å²) < 4.78 is 25.8. The standard InChI is InChI=1S/C44H54O13/c1-21-32(22(2)47)37(49)34-26(36(21)48)12-24(40(52)53)13-30(34)56-41-38(50)39(51)44(31(17-46)57-41)16-27-28-15-42(8-3-4-9-42)14-25-18-54-20-43(35(25)28,10-5-11-45)29-7-6-23(19-55-44)33(27)29/h7,12-13,25,27-28,31,35,38-39,41,45-46,48-51H,3-6,8-11,14-20H2,1-2H3,(H,52,53)/t25-,27-,28-,31+,35+,38+,39+,41+,43-,44+/m0/s1. The van der Waals surface area contributed by atoms with Gasteiger partial charge in [-0.15, -0.1) is 0 Å². The number of carboxylic acid groups (broad SMARTS) is 1. The van der Waals surface area contributed by atoms with Gasteiger partial charge in [0.2, 0.25) is 6.29 Å². The molecule has 57 heavy (non-hydrogen) atoms. The first-order valence-corrected chi connectivity index (χ1v) is 20.6. The number of aromatic carboxylic acids is 1. The molecule has 13 nitrogen and oxygen atoms in total. The van der Waals surface area contributed by atoms with E-state index in [0.29, 0.717) is 32.0 Å². The summed E-state index contributed by atoms with van der Waals surface area (Å²) in [6.07, 6.45) is 5.33. The van der Waals surface area contributed by atoms with Crippen LogP contribution in [0.3, 0.4) is 0 Å². The van der Waals surface area contributed by atoms with Gasteiger partial charge in [0, 0.05) is 29.6 Å². The van der Waals surface area contributed by atoms with E-state index in [1.165, 1.54) is 50.7 Å². The number of phenols is 2. The number of carbonyl (C=O) groups is 2. The van der Waals surface area contributed by atoms with E-state index in [1.807, 2.05) is 0 Å². The van der Waals surface area contributed by atoms with E-state index >= 15 is 0 Å². The maximum absolute atomic E-state index is 12.6. The molecule has 3 aliphatic heterocycles. The van der Waals surface area contributed by atoms with Gasteiger partial charge < -0.3 is 54.7 Å². The van der Waals surface area contributed by atoms with Crippen LogP contribution in [0.2, 0.25) is 0 Å². The number of ketones is 1. The Morgan fingerprint density at radius 2 is 1.81 bits per heavy atom. The van der Waals surface area contributed by atoms with Gasteiger partial charge in [-0.05, 0) is 123 Å². The third-order valence-corrected chi connectivity index (χ3v) is 15.3. The zero-order valence-electron chi connectivity index (χ0n) is 32.5. The van der Waals surface area contributed by atoms with Gasteiger partial charge in [-0.25, -0.2) is 4.79 Å². The lowest BCUT2D eigenvalue weighted by Crippen LogP contribution is -2.70. The number of benzene rings is 2. The van der Waals surface area contributed by atoms with Crippen LogP contribution in [-0.4, -0.2) is 111 Å². The minimum atomic E-state index is -1.77. The number of Topliss-reactive ketones (excluding diaryl/α,β-unsaturated/α-hetero) is 1. The van der Waals surface area contributed by atoms with Crippen molar-refractivity contribution in [2.45, 2.75) is 108 Å². The van der Waals surface area contributed by atoms with Crippen LogP contribution in [0.4, 0.5) is 0 Å². The van der Waals surface area contributed by atoms with Crippen molar-refractivity contribution in [3.8, 4) is 17.2 Å². The van der Waals surface area contributed by atoms with Crippen molar-refractivity contribution in [3.63, 3.8) is 0 Å². The third-order valence-electron chi connectivity index (χ3n) is 15.3. The summed E-state index contributed by atoms with van der Waals surface area (Å²) in [5.74, 6) is -2.45. The van der Waals surface area contributed by atoms with Gasteiger partial charge in [0.15, 0.2) is 5.78 Å². The van der Waals surface area contributed by atoms with Crippen LogP contribution in [0.5, 0.6) is 17.2 Å². The Kier molecular flexibility index (Phi) is 9.58. The predicted molar refractivity (Wildman–Crippen MR) is 204 cm³/mol. The number of ether oxygens (including phenoxy) is 4. The summed E-state index contributed by atoms with van der Waals surface area (Å²) in [7, 11) is 0. The minimum Gasteiger partial charge on any atom is -0.507 e. The Morgan fingerprint density at radius 3 is 2.51 bits per heavy atom. The van der Waals surface area contributed by atoms with Crippen LogP contribution in [0.25, 0.3) is 10.8 Å². The molecule has 0 unspecified atom stereocenters. The maximum Gasteiger partial charge on any atom is 0.335 e. The molecule has 7 N–H and O–H groups in total. The number of hydrogen-bond acceptors (Lipinski definition) is 12. The molecule has 0 radical (unpaired) electrons. The van der Waals surface area contributed by atoms with E-state index in [-0.39, 0.29) is 81.4 Å².